The van der Waals surface area contributed by atoms with Crippen LogP contribution in [0.4, 0.5) is 17.1 Å². The monoisotopic (exact) mass is 744 g/mol. The van der Waals surface area contributed by atoms with E-state index in [4.69, 9.17) is 0 Å². The molecule has 0 atom stereocenters. The zero-order chi connectivity index (χ0) is 38.0. The molecule has 0 saturated heterocycles. The normalized spacial score (nSPS) is 11.3. The van der Waals surface area contributed by atoms with Gasteiger partial charge in [-0.3, -0.25) is 0 Å². The van der Waals surface area contributed by atoms with E-state index in [2.05, 4.69) is 246 Å². The Morgan fingerprint density at radius 1 is 0.298 bits per heavy atom. The Morgan fingerprint density at radius 3 is 1.21 bits per heavy atom. The Balaban J connectivity index is 1.03. The molecule has 0 bridgehead atoms. The standard InChI is InChI=1S/C54H40N2Si/c1-4-15-40(16-5-1)41-27-33-44(34-28-41)55(47-17-14-22-50(39-47)57(48-18-6-2-7-19-48)49-20-8-3-9-21-49)45-35-29-42(30-36-45)43-31-37-46(38-32-43)56-53-25-12-10-23-51(53)52-24-11-13-26-54(52)56/h1-39,57H. The summed E-state index contributed by atoms with van der Waals surface area (Å²) in [6, 6.07) is 86.2. The van der Waals surface area contributed by atoms with E-state index in [1.165, 1.54) is 59.6 Å². The lowest BCUT2D eigenvalue weighted by molar-refractivity contribution is 1.18. The summed E-state index contributed by atoms with van der Waals surface area (Å²) in [5.41, 5.74) is 11.8. The van der Waals surface area contributed by atoms with Crippen LogP contribution in [0, 0.1) is 0 Å². The molecule has 9 aromatic carbocycles. The van der Waals surface area contributed by atoms with E-state index in [1.807, 2.05) is 0 Å². The number of aromatic nitrogens is 1. The van der Waals surface area contributed by atoms with Crippen LogP contribution in [0.5, 0.6) is 0 Å². The predicted molar refractivity (Wildman–Crippen MR) is 245 cm³/mol. The van der Waals surface area contributed by atoms with Crippen LogP contribution in [-0.4, -0.2) is 13.4 Å². The average molecular weight is 745 g/mol. The molecule has 0 fully saturated rings. The lowest BCUT2D eigenvalue weighted by Gasteiger charge is -2.27. The number of hydrogen-bond acceptors (Lipinski definition) is 1. The van der Waals surface area contributed by atoms with Gasteiger partial charge in [0, 0.05) is 33.5 Å². The molecule has 3 heteroatoms. The largest absolute Gasteiger partial charge is 0.311 e. The van der Waals surface area contributed by atoms with Crippen LogP contribution in [0.1, 0.15) is 0 Å². The lowest BCUT2D eigenvalue weighted by Crippen LogP contribution is -2.51. The first kappa shape index (κ1) is 34.3. The highest BCUT2D eigenvalue weighted by atomic mass is 28.3. The third-order valence-corrected chi connectivity index (χ3v) is 14.3. The van der Waals surface area contributed by atoms with Crippen LogP contribution in [0.3, 0.4) is 0 Å². The fraction of sp³-hybridized carbons (Fsp3) is 0. The van der Waals surface area contributed by atoms with Gasteiger partial charge in [0.15, 0.2) is 0 Å². The molecule has 10 aromatic rings. The Kier molecular flexibility index (Phi) is 9.11. The summed E-state index contributed by atoms with van der Waals surface area (Å²) in [6.45, 7) is 0. The lowest BCUT2D eigenvalue weighted by atomic mass is 10.0. The summed E-state index contributed by atoms with van der Waals surface area (Å²) < 4.78 is 2.37. The molecule has 0 saturated carbocycles. The number of nitrogens with zero attached hydrogens (tertiary/aromatic N) is 2. The van der Waals surface area contributed by atoms with Gasteiger partial charge in [-0.25, -0.2) is 0 Å². The van der Waals surface area contributed by atoms with Crippen molar-refractivity contribution in [1.29, 1.82) is 0 Å². The second kappa shape index (κ2) is 15.1. The van der Waals surface area contributed by atoms with Gasteiger partial charge in [0.05, 0.1) is 11.0 Å². The van der Waals surface area contributed by atoms with Gasteiger partial charge in [0.1, 0.15) is 8.80 Å². The minimum Gasteiger partial charge on any atom is -0.311 e. The Hall–Kier alpha value is -7.20. The van der Waals surface area contributed by atoms with E-state index < -0.39 is 8.80 Å². The van der Waals surface area contributed by atoms with Gasteiger partial charge in [-0.15, -0.1) is 0 Å². The number of rotatable bonds is 9. The van der Waals surface area contributed by atoms with Gasteiger partial charge in [-0.2, -0.15) is 0 Å². The van der Waals surface area contributed by atoms with Crippen LogP contribution >= 0.6 is 0 Å². The van der Waals surface area contributed by atoms with Crippen molar-refractivity contribution in [2.75, 3.05) is 4.90 Å². The van der Waals surface area contributed by atoms with E-state index in [0.717, 1.165) is 22.7 Å². The Morgan fingerprint density at radius 2 is 0.702 bits per heavy atom. The summed E-state index contributed by atoms with van der Waals surface area (Å²) >= 11 is 0. The number of anilines is 3. The summed E-state index contributed by atoms with van der Waals surface area (Å²) in [4.78, 5) is 2.40. The van der Waals surface area contributed by atoms with Crippen LogP contribution in [0.25, 0.3) is 49.7 Å². The summed E-state index contributed by atoms with van der Waals surface area (Å²) in [6.07, 6.45) is 0. The third-order valence-electron chi connectivity index (χ3n) is 11.1. The zero-order valence-corrected chi connectivity index (χ0v) is 32.6. The van der Waals surface area contributed by atoms with Crippen LogP contribution in [0.2, 0.25) is 0 Å². The maximum Gasteiger partial charge on any atom is 0.133 e. The molecule has 0 aliphatic heterocycles. The van der Waals surface area contributed by atoms with Crippen LogP contribution in [0.15, 0.2) is 237 Å². The van der Waals surface area contributed by atoms with E-state index in [0.29, 0.717) is 0 Å². The second-order valence-corrected chi connectivity index (χ2v) is 17.4. The number of benzene rings is 9. The number of fused-ring (bicyclic) bond motifs is 3. The van der Waals surface area contributed by atoms with Crippen molar-refractivity contribution in [1.82, 2.24) is 4.57 Å². The molecular weight excluding hydrogens is 705 g/mol. The van der Waals surface area contributed by atoms with Crippen molar-refractivity contribution in [3.8, 4) is 27.9 Å². The summed E-state index contributed by atoms with van der Waals surface area (Å²) in [7, 11) is -1.74. The third kappa shape index (κ3) is 6.65. The van der Waals surface area contributed by atoms with Gasteiger partial charge in [-0.05, 0) is 82.9 Å². The van der Waals surface area contributed by atoms with E-state index in [1.54, 1.807) is 0 Å². The molecule has 0 unspecified atom stereocenters. The number of hydrogen-bond donors (Lipinski definition) is 0. The van der Waals surface area contributed by atoms with Gasteiger partial charge in [0.2, 0.25) is 0 Å². The first-order chi connectivity index (χ1) is 28.3. The summed E-state index contributed by atoms with van der Waals surface area (Å²) in [5, 5.41) is 6.75. The quantitative estimate of drug-likeness (QED) is 0.106. The van der Waals surface area contributed by atoms with Crippen molar-refractivity contribution in [3.63, 3.8) is 0 Å². The smallest absolute Gasteiger partial charge is 0.133 e. The van der Waals surface area contributed by atoms with E-state index >= 15 is 0 Å². The minimum absolute atomic E-state index is 1.11. The van der Waals surface area contributed by atoms with Crippen molar-refractivity contribution < 1.29 is 0 Å². The fourth-order valence-corrected chi connectivity index (χ4v) is 11.4. The zero-order valence-electron chi connectivity index (χ0n) is 31.5. The van der Waals surface area contributed by atoms with Gasteiger partial charge in [0.25, 0.3) is 0 Å². The Labute approximate surface area is 335 Å². The first-order valence-electron chi connectivity index (χ1n) is 19.6. The highest BCUT2D eigenvalue weighted by Crippen LogP contribution is 2.37. The maximum absolute atomic E-state index is 2.42. The average Bonchev–Trinajstić information content (AvgIpc) is 3.63. The molecular formula is C54H40N2Si. The minimum atomic E-state index is -1.74. The predicted octanol–water partition coefficient (Wildman–Crippen LogP) is 11.8. The molecule has 0 spiro atoms. The van der Waals surface area contributed by atoms with Crippen molar-refractivity contribution in [2.24, 2.45) is 0 Å². The molecule has 10 rings (SSSR count). The van der Waals surface area contributed by atoms with Crippen molar-refractivity contribution >= 4 is 63.2 Å². The summed E-state index contributed by atoms with van der Waals surface area (Å²) in [5.74, 6) is 0. The molecule has 1 heterocycles. The van der Waals surface area contributed by atoms with Gasteiger partial charge in [-0.1, -0.05) is 191 Å². The van der Waals surface area contributed by atoms with Gasteiger partial charge < -0.3 is 9.47 Å². The molecule has 0 radical (unpaired) electrons. The highest BCUT2D eigenvalue weighted by Gasteiger charge is 2.21. The van der Waals surface area contributed by atoms with Gasteiger partial charge >= 0.3 is 0 Å². The first-order valence-corrected chi connectivity index (χ1v) is 21.4. The molecule has 0 aliphatic carbocycles. The molecule has 2 nitrogen and oxygen atoms in total. The molecule has 270 valence electrons. The molecule has 1 aromatic heterocycles. The second-order valence-electron chi connectivity index (χ2n) is 14.6. The SMILES string of the molecule is c1ccc(-c2ccc(N(c3ccc(-c4ccc(-n5c6ccccc6c6ccccc65)cc4)cc3)c3cccc([SiH](c4ccccc4)c4ccccc4)c3)cc2)cc1. The maximum atomic E-state index is 2.42. The van der Waals surface area contributed by atoms with Crippen LogP contribution in [-0.2, 0) is 0 Å². The fourth-order valence-electron chi connectivity index (χ4n) is 8.40. The molecule has 57 heavy (non-hydrogen) atoms. The molecule has 0 N–H and O–H groups in total. The van der Waals surface area contributed by atoms with Crippen molar-refractivity contribution in [3.05, 3.63) is 237 Å². The van der Waals surface area contributed by atoms with E-state index in [9.17, 15) is 0 Å². The van der Waals surface area contributed by atoms with E-state index in [-0.39, 0.29) is 0 Å². The topological polar surface area (TPSA) is 8.17 Å². The molecule has 0 amide bonds. The number of para-hydroxylation sites is 2. The van der Waals surface area contributed by atoms with Crippen molar-refractivity contribution in [2.45, 2.75) is 0 Å². The van der Waals surface area contributed by atoms with Crippen LogP contribution < -0.4 is 20.5 Å². The Bertz CT molecular complexity index is 2830. The highest BCUT2D eigenvalue weighted by molar-refractivity contribution is 6.95. The molecule has 0 aliphatic rings.